The first kappa shape index (κ1) is 16.1. The van der Waals surface area contributed by atoms with E-state index in [2.05, 4.69) is 15.0 Å². The molecule has 4 nitrogen and oxygen atoms in total. The van der Waals surface area contributed by atoms with Crippen LogP contribution in [0, 0.1) is 0 Å². The average molecular weight is 364 g/mol. The summed E-state index contributed by atoms with van der Waals surface area (Å²) in [7, 11) is 0. The van der Waals surface area contributed by atoms with Crippen LogP contribution in [0.1, 0.15) is 5.56 Å². The summed E-state index contributed by atoms with van der Waals surface area (Å²) in [5.74, 6) is 0. The lowest BCUT2D eigenvalue weighted by Crippen LogP contribution is -2.32. The maximum Gasteiger partial charge on any atom is 0.325 e. The number of fused-ring (bicyclic) bond motifs is 1. The number of rotatable bonds is 5. The Morgan fingerprint density at radius 3 is 2.78 bits per heavy atom. The largest absolute Gasteiger partial charge is 0.337 e. The molecule has 1 heterocycles. The number of carbonyl (C=O) groups excluding carboxylic acids is 1. The van der Waals surface area contributed by atoms with Crippen LogP contribution in [0.4, 0.5) is 4.79 Å². The van der Waals surface area contributed by atoms with Gasteiger partial charge in [0.2, 0.25) is 0 Å². The van der Waals surface area contributed by atoms with Gasteiger partial charge in [-0.15, -0.1) is 11.3 Å². The summed E-state index contributed by atoms with van der Waals surface area (Å²) in [5, 5.41) is 3.53. The highest BCUT2D eigenvalue weighted by atomic mass is 35.5. The number of urea groups is 1. The minimum atomic E-state index is -0.235. The lowest BCUT2D eigenvalue weighted by molar-refractivity contribution is 0.246. The molecule has 0 spiro atoms. The summed E-state index contributed by atoms with van der Waals surface area (Å²) in [6, 6.07) is 15.3. The third kappa shape index (κ3) is 4.37. The van der Waals surface area contributed by atoms with E-state index in [1.54, 1.807) is 11.3 Å². The van der Waals surface area contributed by atoms with Crippen LogP contribution in [0.5, 0.6) is 0 Å². The molecule has 0 aliphatic carbocycles. The number of carbonyl (C=O) groups is 1. The van der Waals surface area contributed by atoms with Gasteiger partial charge in [0.1, 0.15) is 0 Å². The van der Waals surface area contributed by atoms with E-state index in [9.17, 15) is 4.79 Å². The summed E-state index contributed by atoms with van der Waals surface area (Å²) in [6.45, 7) is 0.524. The van der Waals surface area contributed by atoms with Crippen LogP contribution in [0.2, 0.25) is 5.02 Å². The quantitative estimate of drug-likeness (QED) is 0.656. The summed E-state index contributed by atoms with van der Waals surface area (Å²) in [4.78, 5) is 16.3. The summed E-state index contributed by atoms with van der Waals surface area (Å²) < 4.78 is 4.66. The van der Waals surface area contributed by atoms with Crippen molar-refractivity contribution in [1.29, 1.82) is 0 Å². The molecule has 1 aromatic heterocycles. The van der Waals surface area contributed by atoms with Crippen molar-refractivity contribution in [3.05, 3.63) is 59.1 Å². The second-order valence-electron chi connectivity index (χ2n) is 4.75. The Morgan fingerprint density at radius 1 is 1.17 bits per heavy atom. The van der Waals surface area contributed by atoms with Gasteiger partial charge in [0.15, 0.2) is 4.34 Å². The number of hydrogen-bond acceptors (Lipinski definition) is 4. The summed E-state index contributed by atoms with van der Waals surface area (Å²) in [6.07, 6.45) is 0.693. The van der Waals surface area contributed by atoms with E-state index in [1.807, 2.05) is 48.5 Å². The van der Waals surface area contributed by atoms with Gasteiger partial charge in [-0.25, -0.2) is 9.78 Å². The fourth-order valence-corrected chi connectivity index (χ4v) is 3.92. The molecule has 0 aliphatic heterocycles. The van der Waals surface area contributed by atoms with Crippen molar-refractivity contribution >= 4 is 51.1 Å². The van der Waals surface area contributed by atoms with Gasteiger partial charge >= 0.3 is 6.03 Å². The molecule has 23 heavy (non-hydrogen) atoms. The van der Waals surface area contributed by atoms with Crippen LogP contribution in [0.3, 0.4) is 0 Å². The molecule has 0 unspecified atom stereocenters. The van der Waals surface area contributed by atoms with E-state index >= 15 is 0 Å². The van der Waals surface area contributed by atoms with Crippen molar-refractivity contribution in [2.24, 2.45) is 0 Å². The number of halogens is 1. The molecule has 0 saturated carbocycles. The van der Waals surface area contributed by atoms with Gasteiger partial charge in [0.25, 0.3) is 0 Å². The first-order chi connectivity index (χ1) is 11.2. The standard InChI is InChI=1S/C16H14ClN3OS2/c17-12-6-2-1-5-11(12)9-10-18-15(21)20-23-16-19-13-7-3-4-8-14(13)22-16/h1-8H,9-10H2,(H2,18,20,21). The van der Waals surface area contributed by atoms with Crippen LogP contribution < -0.4 is 10.0 Å². The van der Waals surface area contributed by atoms with Crippen molar-refractivity contribution < 1.29 is 4.79 Å². The number of benzene rings is 2. The predicted octanol–water partition coefficient (Wildman–Crippen LogP) is 4.50. The van der Waals surface area contributed by atoms with Gasteiger partial charge in [-0.05, 0) is 30.2 Å². The lowest BCUT2D eigenvalue weighted by Gasteiger charge is -2.06. The van der Waals surface area contributed by atoms with Gasteiger partial charge in [0, 0.05) is 23.5 Å². The molecule has 0 aliphatic rings. The number of thiazole rings is 1. The monoisotopic (exact) mass is 363 g/mol. The Bertz CT molecular complexity index is 789. The van der Waals surface area contributed by atoms with Crippen molar-refractivity contribution in [2.75, 3.05) is 6.54 Å². The van der Waals surface area contributed by atoms with E-state index in [4.69, 9.17) is 11.6 Å². The zero-order valence-corrected chi connectivity index (χ0v) is 14.5. The first-order valence-electron chi connectivity index (χ1n) is 7.02. The molecule has 2 aromatic carbocycles. The second-order valence-corrected chi connectivity index (χ2v) is 7.24. The van der Waals surface area contributed by atoms with Crippen LogP contribution >= 0.6 is 34.9 Å². The molecule has 3 rings (SSSR count). The Kier molecular flexibility index (Phi) is 5.38. The normalized spacial score (nSPS) is 10.7. The molecule has 0 radical (unpaired) electrons. The number of nitrogens with zero attached hydrogens (tertiary/aromatic N) is 1. The molecular formula is C16H14ClN3OS2. The van der Waals surface area contributed by atoms with E-state index in [1.165, 1.54) is 11.9 Å². The van der Waals surface area contributed by atoms with E-state index in [0.717, 1.165) is 25.1 Å². The topological polar surface area (TPSA) is 54.0 Å². The fourth-order valence-electron chi connectivity index (χ4n) is 2.03. The second kappa shape index (κ2) is 7.68. The lowest BCUT2D eigenvalue weighted by atomic mass is 10.1. The Morgan fingerprint density at radius 2 is 1.96 bits per heavy atom. The average Bonchev–Trinajstić information content (AvgIpc) is 2.98. The van der Waals surface area contributed by atoms with Crippen molar-refractivity contribution in [3.63, 3.8) is 0 Å². The maximum absolute atomic E-state index is 11.8. The van der Waals surface area contributed by atoms with Crippen molar-refractivity contribution in [2.45, 2.75) is 10.8 Å². The maximum atomic E-state index is 11.8. The van der Waals surface area contributed by atoms with E-state index in [0.29, 0.717) is 13.0 Å². The third-order valence-corrected chi connectivity index (χ3v) is 5.40. The number of nitrogens with one attached hydrogen (secondary N) is 2. The summed E-state index contributed by atoms with van der Waals surface area (Å²) in [5.41, 5.74) is 1.97. The van der Waals surface area contributed by atoms with Crippen LogP contribution in [0.15, 0.2) is 52.9 Å². The molecule has 118 valence electrons. The predicted molar refractivity (Wildman–Crippen MR) is 97.2 cm³/mol. The molecule has 0 fully saturated rings. The van der Waals surface area contributed by atoms with E-state index in [-0.39, 0.29) is 6.03 Å². The molecule has 3 aromatic rings. The molecule has 0 atom stereocenters. The van der Waals surface area contributed by atoms with Gasteiger partial charge in [-0.1, -0.05) is 41.9 Å². The first-order valence-corrected chi connectivity index (χ1v) is 9.03. The van der Waals surface area contributed by atoms with Crippen LogP contribution in [-0.2, 0) is 6.42 Å². The van der Waals surface area contributed by atoms with Gasteiger partial charge in [0.05, 0.1) is 10.2 Å². The van der Waals surface area contributed by atoms with Crippen LogP contribution in [0.25, 0.3) is 10.2 Å². The molecular weight excluding hydrogens is 350 g/mol. The van der Waals surface area contributed by atoms with Crippen molar-refractivity contribution in [3.8, 4) is 0 Å². The highest BCUT2D eigenvalue weighted by molar-refractivity contribution is 7.99. The number of aromatic nitrogens is 1. The number of para-hydroxylation sites is 1. The van der Waals surface area contributed by atoms with Gasteiger partial charge < -0.3 is 5.32 Å². The Hall–Kier alpha value is -1.76. The highest BCUT2D eigenvalue weighted by Gasteiger charge is 2.07. The highest BCUT2D eigenvalue weighted by Crippen LogP contribution is 2.27. The smallest absolute Gasteiger partial charge is 0.325 e. The third-order valence-electron chi connectivity index (χ3n) is 3.14. The van der Waals surface area contributed by atoms with Crippen LogP contribution in [-0.4, -0.2) is 17.6 Å². The van der Waals surface area contributed by atoms with E-state index < -0.39 is 0 Å². The molecule has 0 saturated heterocycles. The van der Waals surface area contributed by atoms with Crippen molar-refractivity contribution in [1.82, 2.24) is 15.0 Å². The minimum absolute atomic E-state index is 0.235. The molecule has 2 N–H and O–H groups in total. The Labute approximate surface area is 147 Å². The van der Waals surface area contributed by atoms with Gasteiger partial charge in [-0.3, -0.25) is 4.72 Å². The number of amides is 2. The Balaban J connectivity index is 1.45. The fraction of sp³-hybridized carbons (Fsp3) is 0.125. The summed E-state index contributed by atoms with van der Waals surface area (Å²) >= 11 is 8.86. The zero-order chi connectivity index (χ0) is 16.1. The molecule has 7 heteroatoms. The number of hydrogen-bond donors (Lipinski definition) is 2. The van der Waals surface area contributed by atoms with Gasteiger partial charge in [-0.2, -0.15) is 0 Å². The molecule has 2 amide bonds. The minimum Gasteiger partial charge on any atom is -0.337 e. The SMILES string of the molecule is O=C(NCCc1ccccc1Cl)NSc1nc2ccccc2s1. The zero-order valence-electron chi connectivity index (χ0n) is 12.1. The molecule has 0 bridgehead atoms.